The maximum Gasteiger partial charge on any atom is 0.0130 e. The molecule has 0 saturated heterocycles. The lowest BCUT2D eigenvalue weighted by molar-refractivity contribution is 0.282. The van der Waals surface area contributed by atoms with Crippen LogP contribution in [-0.2, 0) is 0 Å². The highest BCUT2D eigenvalue weighted by atomic mass is 127. The summed E-state index contributed by atoms with van der Waals surface area (Å²) in [5, 5.41) is 0. The van der Waals surface area contributed by atoms with Gasteiger partial charge in [-0.15, -0.1) is 0 Å². The highest BCUT2D eigenvalue weighted by Gasteiger charge is 2.30. The summed E-state index contributed by atoms with van der Waals surface area (Å²) in [5.74, 6) is 1.60. The molecule has 1 heteroatoms. The average molecular weight is 496 g/mol. The monoisotopic (exact) mass is 496 g/mol. The molecule has 0 aliphatic carbocycles. The minimum atomic E-state index is 0.223. The van der Waals surface area contributed by atoms with Gasteiger partial charge in [-0.25, -0.2) is 0 Å². The number of benzene rings is 3. The van der Waals surface area contributed by atoms with Crippen LogP contribution in [0.5, 0.6) is 0 Å². The first-order chi connectivity index (χ1) is 13.8. The van der Waals surface area contributed by atoms with E-state index in [9.17, 15) is 0 Å². The van der Waals surface area contributed by atoms with Crippen LogP contribution >= 0.6 is 22.6 Å². The summed E-state index contributed by atoms with van der Waals surface area (Å²) < 4.78 is 1.30. The van der Waals surface area contributed by atoms with Gasteiger partial charge in [0, 0.05) is 3.57 Å². The van der Waals surface area contributed by atoms with Gasteiger partial charge in [-0.3, -0.25) is 0 Å². The number of hydrogen-bond acceptors (Lipinski definition) is 0. The van der Waals surface area contributed by atoms with E-state index in [4.69, 9.17) is 0 Å². The fraction of sp³-hybridized carbons (Fsp3) is 0.357. The van der Waals surface area contributed by atoms with Gasteiger partial charge in [0.15, 0.2) is 0 Å². The maximum atomic E-state index is 2.39. The van der Waals surface area contributed by atoms with E-state index in [-0.39, 0.29) is 5.41 Å². The largest absolute Gasteiger partial charge is 0.0622 e. The van der Waals surface area contributed by atoms with Crippen LogP contribution in [0.2, 0.25) is 0 Å². The van der Waals surface area contributed by atoms with Gasteiger partial charge >= 0.3 is 0 Å². The minimum Gasteiger partial charge on any atom is -0.0622 e. The van der Waals surface area contributed by atoms with Crippen molar-refractivity contribution in [2.75, 3.05) is 0 Å². The summed E-state index contributed by atoms with van der Waals surface area (Å²) in [7, 11) is 0. The molecule has 0 aliphatic rings. The molecule has 0 amide bonds. The number of rotatable bonds is 7. The van der Waals surface area contributed by atoms with Gasteiger partial charge in [0.1, 0.15) is 0 Å². The second-order valence-electron chi connectivity index (χ2n) is 9.36. The van der Waals surface area contributed by atoms with Gasteiger partial charge in [-0.1, -0.05) is 100 Å². The second-order valence-corrected chi connectivity index (χ2v) is 10.6. The molecule has 0 spiro atoms. The molecular formula is C28H33I. The Morgan fingerprint density at radius 3 is 1.69 bits per heavy atom. The van der Waals surface area contributed by atoms with Gasteiger partial charge in [0.25, 0.3) is 0 Å². The summed E-state index contributed by atoms with van der Waals surface area (Å²) in [5.41, 5.74) is 4.59. The fourth-order valence-corrected chi connectivity index (χ4v) is 4.77. The van der Waals surface area contributed by atoms with E-state index < -0.39 is 0 Å². The summed E-state index contributed by atoms with van der Waals surface area (Å²) in [6.07, 6.45) is 2.34. The van der Waals surface area contributed by atoms with E-state index in [1.54, 1.807) is 0 Å². The average Bonchev–Trinajstić information content (AvgIpc) is 2.71. The lowest BCUT2D eigenvalue weighted by atomic mass is 9.69. The molecule has 0 bridgehead atoms. The van der Waals surface area contributed by atoms with E-state index in [2.05, 4.69) is 135 Å². The third-order valence-corrected chi connectivity index (χ3v) is 6.83. The molecule has 152 valence electrons. The zero-order chi connectivity index (χ0) is 20.9. The quantitative estimate of drug-likeness (QED) is 0.287. The molecule has 29 heavy (non-hydrogen) atoms. The third kappa shape index (κ3) is 6.18. The summed E-state index contributed by atoms with van der Waals surface area (Å²) in [6.45, 7) is 9.53. The van der Waals surface area contributed by atoms with Crippen molar-refractivity contribution in [3.8, 4) is 0 Å². The van der Waals surface area contributed by atoms with Crippen molar-refractivity contribution in [3.05, 3.63) is 105 Å². The van der Waals surface area contributed by atoms with Crippen LogP contribution in [0.25, 0.3) is 0 Å². The SMILES string of the molecule is CC(CC(CC(c1ccccc1)C(C)(C)C)c1ccccc1)c1ccc(I)cc1. The lowest BCUT2D eigenvalue weighted by Gasteiger charge is -2.35. The van der Waals surface area contributed by atoms with Crippen LogP contribution in [0, 0.1) is 8.99 Å². The molecule has 3 rings (SSSR count). The normalized spacial score (nSPS) is 14.9. The van der Waals surface area contributed by atoms with Crippen LogP contribution < -0.4 is 0 Å². The van der Waals surface area contributed by atoms with Crippen molar-refractivity contribution in [2.45, 2.75) is 58.3 Å². The molecule has 0 nitrogen and oxygen atoms in total. The van der Waals surface area contributed by atoms with Gasteiger partial charge in [-0.05, 0) is 87.4 Å². The maximum absolute atomic E-state index is 2.39. The predicted octanol–water partition coefficient (Wildman–Crippen LogP) is 8.79. The number of halogens is 1. The molecular weight excluding hydrogens is 463 g/mol. The van der Waals surface area contributed by atoms with Crippen molar-refractivity contribution < 1.29 is 0 Å². The first-order valence-electron chi connectivity index (χ1n) is 10.7. The number of hydrogen-bond donors (Lipinski definition) is 0. The molecule has 0 saturated carbocycles. The van der Waals surface area contributed by atoms with Crippen molar-refractivity contribution in [2.24, 2.45) is 5.41 Å². The Bertz CT molecular complexity index is 860. The Labute approximate surface area is 190 Å². The summed E-state index contributed by atoms with van der Waals surface area (Å²) in [4.78, 5) is 0. The third-order valence-electron chi connectivity index (χ3n) is 6.12. The molecule has 0 fully saturated rings. The Balaban J connectivity index is 1.89. The van der Waals surface area contributed by atoms with Crippen molar-refractivity contribution in [3.63, 3.8) is 0 Å². The predicted molar refractivity (Wildman–Crippen MR) is 135 cm³/mol. The molecule has 3 unspecified atom stereocenters. The molecule has 3 atom stereocenters. The molecule has 0 radical (unpaired) electrons. The minimum absolute atomic E-state index is 0.223. The van der Waals surface area contributed by atoms with Crippen LogP contribution in [0.3, 0.4) is 0 Å². The van der Waals surface area contributed by atoms with Gasteiger partial charge < -0.3 is 0 Å². The van der Waals surface area contributed by atoms with Crippen LogP contribution in [0.15, 0.2) is 84.9 Å². The van der Waals surface area contributed by atoms with E-state index in [0.29, 0.717) is 17.8 Å². The Hall–Kier alpha value is -1.61. The zero-order valence-electron chi connectivity index (χ0n) is 18.1. The van der Waals surface area contributed by atoms with Crippen molar-refractivity contribution >= 4 is 22.6 Å². The Morgan fingerprint density at radius 1 is 0.655 bits per heavy atom. The first kappa shape index (κ1) is 22.1. The van der Waals surface area contributed by atoms with Gasteiger partial charge in [0.2, 0.25) is 0 Å². The van der Waals surface area contributed by atoms with Crippen LogP contribution in [0.1, 0.15) is 75.0 Å². The Morgan fingerprint density at radius 2 is 1.17 bits per heavy atom. The van der Waals surface area contributed by atoms with Crippen LogP contribution in [-0.4, -0.2) is 0 Å². The van der Waals surface area contributed by atoms with Crippen molar-refractivity contribution in [1.29, 1.82) is 0 Å². The molecule has 3 aromatic rings. The summed E-state index contributed by atoms with van der Waals surface area (Å²) in [6, 6.07) is 31.3. The van der Waals surface area contributed by atoms with Crippen molar-refractivity contribution in [1.82, 2.24) is 0 Å². The smallest absolute Gasteiger partial charge is 0.0130 e. The molecule has 3 aromatic carbocycles. The topological polar surface area (TPSA) is 0 Å². The van der Waals surface area contributed by atoms with Gasteiger partial charge in [-0.2, -0.15) is 0 Å². The van der Waals surface area contributed by atoms with Gasteiger partial charge in [0.05, 0.1) is 0 Å². The fourth-order valence-electron chi connectivity index (χ4n) is 4.41. The van der Waals surface area contributed by atoms with E-state index in [0.717, 1.165) is 0 Å². The molecule has 0 aliphatic heterocycles. The summed E-state index contributed by atoms with van der Waals surface area (Å²) >= 11 is 2.39. The van der Waals surface area contributed by atoms with E-state index in [1.807, 2.05) is 0 Å². The highest BCUT2D eigenvalue weighted by Crippen LogP contribution is 2.44. The van der Waals surface area contributed by atoms with E-state index in [1.165, 1.54) is 33.1 Å². The Kier molecular flexibility index (Phi) is 7.56. The highest BCUT2D eigenvalue weighted by molar-refractivity contribution is 14.1. The lowest BCUT2D eigenvalue weighted by Crippen LogP contribution is -2.21. The molecule has 0 aromatic heterocycles. The van der Waals surface area contributed by atoms with E-state index >= 15 is 0 Å². The first-order valence-corrected chi connectivity index (χ1v) is 11.8. The molecule has 0 heterocycles. The van der Waals surface area contributed by atoms with Crippen LogP contribution in [0.4, 0.5) is 0 Å². The molecule has 0 N–H and O–H groups in total. The standard InChI is InChI=1S/C28H33I/c1-21(22-15-17-26(29)18-16-22)19-25(23-11-7-5-8-12-23)20-27(28(2,3)4)24-13-9-6-10-14-24/h5-18,21,25,27H,19-20H2,1-4H3. The zero-order valence-corrected chi connectivity index (χ0v) is 20.3. The second kappa shape index (κ2) is 9.93.